The fourth-order valence-corrected chi connectivity index (χ4v) is 3.37. The summed E-state index contributed by atoms with van der Waals surface area (Å²) >= 11 is 1.58. The van der Waals surface area contributed by atoms with E-state index >= 15 is 0 Å². The first kappa shape index (κ1) is 16.2. The van der Waals surface area contributed by atoms with Crippen LogP contribution in [0, 0.1) is 0 Å². The van der Waals surface area contributed by atoms with E-state index in [-0.39, 0.29) is 12.1 Å². The Bertz CT molecular complexity index is 501. The van der Waals surface area contributed by atoms with Crippen LogP contribution in [0.15, 0.2) is 5.38 Å². The van der Waals surface area contributed by atoms with Gasteiger partial charge in [-0.05, 0) is 34.6 Å². The van der Waals surface area contributed by atoms with Crippen molar-refractivity contribution >= 4 is 22.4 Å². The van der Waals surface area contributed by atoms with Crippen molar-refractivity contribution in [3.63, 3.8) is 0 Å². The van der Waals surface area contributed by atoms with Crippen molar-refractivity contribution in [2.75, 3.05) is 24.7 Å². The highest BCUT2D eigenvalue weighted by Crippen LogP contribution is 2.32. The van der Waals surface area contributed by atoms with Gasteiger partial charge in [-0.25, -0.2) is 4.98 Å². The maximum atomic E-state index is 12.1. The van der Waals surface area contributed by atoms with Gasteiger partial charge in [0.25, 0.3) is 0 Å². The predicted octanol–water partition coefficient (Wildman–Crippen LogP) is 2.60. The van der Waals surface area contributed by atoms with Crippen LogP contribution >= 0.6 is 11.3 Å². The summed E-state index contributed by atoms with van der Waals surface area (Å²) < 4.78 is 10.8. The molecule has 1 aliphatic rings. The Morgan fingerprint density at radius 2 is 2.29 bits per heavy atom. The van der Waals surface area contributed by atoms with Gasteiger partial charge in [-0.15, -0.1) is 11.3 Å². The number of aromatic nitrogens is 1. The van der Waals surface area contributed by atoms with E-state index in [1.807, 2.05) is 26.2 Å². The number of hydrogen-bond acceptors (Lipinski definition) is 6. The number of thiazole rings is 1. The van der Waals surface area contributed by atoms with Gasteiger partial charge in [0.2, 0.25) is 0 Å². The lowest BCUT2D eigenvalue weighted by molar-refractivity contribution is -0.148. The minimum Gasteiger partial charge on any atom is -0.465 e. The lowest BCUT2D eigenvalue weighted by Crippen LogP contribution is -2.47. The number of carbonyl (C=O) groups is 1. The zero-order valence-corrected chi connectivity index (χ0v) is 14.2. The molecule has 0 bridgehead atoms. The largest absolute Gasteiger partial charge is 0.465 e. The number of hydrogen-bond donors (Lipinski definition) is 0. The molecular weight excluding hydrogens is 288 g/mol. The number of nitrogens with zero attached hydrogens (tertiary/aromatic N) is 2. The van der Waals surface area contributed by atoms with Gasteiger partial charge >= 0.3 is 5.97 Å². The maximum Gasteiger partial charge on any atom is 0.317 e. The molecule has 2 heterocycles. The van der Waals surface area contributed by atoms with Gasteiger partial charge in [-0.2, -0.15) is 0 Å². The molecule has 0 amide bonds. The second-order valence-electron chi connectivity index (χ2n) is 6.01. The average Bonchev–Trinajstić information content (AvgIpc) is 2.92. The van der Waals surface area contributed by atoms with E-state index in [9.17, 15) is 4.79 Å². The summed E-state index contributed by atoms with van der Waals surface area (Å²) in [5.74, 6) is -0.231. The van der Waals surface area contributed by atoms with E-state index in [4.69, 9.17) is 9.47 Å². The van der Waals surface area contributed by atoms with Crippen molar-refractivity contribution in [1.29, 1.82) is 0 Å². The van der Waals surface area contributed by atoms with Gasteiger partial charge in [-0.3, -0.25) is 4.79 Å². The monoisotopic (exact) mass is 312 g/mol. The van der Waals surface area contributed by atoms with E-state index in [1.165, 1.54) is 0 Å². The normalized spacial score (nSPS) is 23.2. The first-order chi connectivity index (χ1) is 9.86. The molecule has 1 saturated heterocycles. The van der Waals surface area contributed by atoms with Gasteiger partial charge in [0.05, 0.1) is 31.1 Å². The Morgan fingerprint density at radius 3 is 2.95 bits per heavy atom. The van der Waals surface area contributed by atoms with Crippen molar-refractivity contribution in [3.05, 3.63) is 11.1 Å². The van der Waals surface area contributed by atoms with Crippen LogP contribution in [0.5, 0.6) is 0 Å². The molecule has 0 aliphatic carbocycles. The highest BCUT2D eigenvalue weighted by atomic mass is 32.1. The number of ether oxygens (including phenoxy) is 2. The first-order valence-electron chi connectivity index (χ1n) is 7.37. The third-order valence-corrected chi connectivity index (χ3v) is 4.65. The lowest BCUT2D eigenvalue weighted by Gasteiger charge is -2.36. The molecule has 0 saturated carbocycles. The predicted molar refractivity (Wildman–Crippen MR) is 84.0 cm³/mol. The number of carbonyl (C=O) groups excluding carboxylic acids is 1. The maximum absolute atomic E-state index is 12.1. The van der Waals surface area contributed by atoms with Gasteiger partial charge in [0.1, 0.15) is 5.41 Å². The SMILES string of the molecule is CCOC(=O)C(C)(C)c1csc(N2CC(C)OCC2C)n1. The molecule has 6 heteroatoms. The van der Waals surface area contributed by atoms with E-state index < -0.39 is 5.41 Å². The summed E-state index contributed by atoms with van der Waals surface area (Å²) in [6, 6.07) is 0.297. The molecule has 0 aromatic carbocycles. The highest BCUT2D eigenvalue weighted by molar-refractivity contribution is 7.13. The third-order valence-electron chi connectivity index (χ3n) is 3.77. The first-order valence-corrected chi connectivity index (χ1v) is 8.25. The van der Waals surface area contributed by atoms with Crippen LogP contribution in [0.25, 0.3) is 0 Å². The fraction of sp³-hybridized carbons (Fsp3) is 0.733. The lowest BCUT2D eigenvalue weighted by atomic mass is 9.90. The number of esters is 1. The van der Waals surface area contributed by atoms with Crippen LogP contribution in [-0.4, -0.2) is 42.9 Å². The van der Waals surface area contributed by atoms with Crippen molar-refractivity contribution in [2.45, 2.75) is 52.2 Å². The molecule has 1 aliphatic heterocycles. The molecule has 2 rings (SSSR count). The van der Waals surface area contributed by atoms with Gasteiger partial charge < -0.3 is 14.4 Å². The van der Waals surface area contributed by atoms with Gasteiger partial charge in [-0.1, -0.05) is 0 Å². The van der Waals surface area contributed by atoms with E-state index in [0.717, 1.165) is 17.4 Å². The molecule has 2 unspecified atom stereocenters. The van der Waals surface area contributed by atoms with Crippen LogP contribution in [0.2, 0.25) is 0 Å². The Balaban J connectivity index is 2.19. The number of rotatable bonds is 4. The highest BCUT2D eigenvalue weighted by Gasteiger charge is 2.35. The summed E-state index contributed by atoms with van der Waals surface area (Å²) in [7, 11) is 0. The summed E-state index contributed by atoms with van der Waals surface area (Å²) in [4.78, 5) is 19.0. The molecule has 5 nitrogen and oxygen atoms in total. The summed E-state index contributed by atoms with van der Waals surface area (Å²) in [6.45, 7) is 11.6. The molecule has 0 N–H and O–H groups in total. The molecular formula is C15H24N2O3S. The van der Waals surface area contributed by atoms with Crippen molar-refractivity contribution < 1.29 is 14.3 Å². The summed E-state index contributed by atoms with van der Waals surface area (Å²) in [6.07, 6.45) is 0.201. The van der Waals surface area contributed by atoms with Crippen molar-refractivity contribution in [1.82, 2.24) is 4.98 Å². The summed E-state index contributed by atoms with van der Waals surface area (Å²) in [5.41, 5.74) is 0.0543. The molecule has 21 heavy (non-hydrogen) atoms. The molecule has 0 radical (unpaired) electrons. The molecule has 118 valence electrons. The topological polar surface area (TPSA) is 51.7 Å². The van der Waals surface area contributed by atoms with E-state index in [0.29, 0.717) is 19.3 Å². The van der Waals surface area contributed by atoms with Gasteiger partial charge in [0.15, 0.2) is 5.13 Å². The second-order valence-corrected chi connectivity index (χ2v) is 6.84. The molecule has 1 fully saturated rings. The standard InChI is InChI=1S/C15H24N2O3S/c1-6-19-13(18)15(4,5)12-9-21-14(16-12)17-7-11(3)20-8-10(17)2/h9-11H,6-8H2,1-5H3. The van der Waals surface area contributed by atoms with Crippen molar-refractivity contribution in [3.8, 4) is 0 Å². The van der Waals surface area contributed by atoms with Crippen LogP contribution in [0.1, 0.15) is 40.3 Å². The molecule has 2 atom stereocenters. The van der Waals surface area contributed by atoms with Crippen LogP contribution < -0.4 is 4.90 Å². The van der Waals surface area contributed by atoms with Crippen LogP contribution in [0.4, 0.5) is 5.13 Å². The molecule has 1 aromatic rings. The van der Waals surface area contributed by atoms with Gasteiger partial charge in [0, 0.05) is 11.9 Å². The van der Waals surface area contributed by atoms with E-state index in [1.54, 1.807) is 11.3 Å². The zero-order valence-electron chi connectivity index (χ0n) is 13.4. The number of morpholine rings is 1. The second kappa shape index (κ2) is 6.32. The molecule has 0 spiro atoms. The fourth-order valence-electron chi connectivity index (χ4n) is 2.27. The Labute approximate surface area is 130 Å². The minimum absolute atomic E-state index is 0.201. The Hall–Kier alpha value is -1.14. The Morgan fingerprint density at radius 1 is 1.57 bits per heavy atom. The number of anilines is 1. The summed E-state index contributed by atoms with van der Waals surface area (Å²) in [5, 5.41) is 2.91. The minimum atomic E-state index is -0.716. The van der Waals surface area contributed by atoms with E-state index in [2.05, 4.69) is 23.7 Å². The molecule has 1 aromatic heterocycles. The quantitative estimate of drug-likeness (QED) is 0.800. The Kier molecular flexibility index (Phi) is 4.88. The zero-order chi connectivity index (χ0) is 15.6. The van der Waals surface area contributed by atoms with Crippen LogP contribution in [-0.2, 0) is 19.7 Å². The van der Waals surface area contributed by atoms with Crippen LogP contribution in [0.3, 0.4) is 0 Å². The third kappa shape index (κ3) is 3.37. The van der Waals surface area contributed by atoms with Crippen molar-refractivity contribution in [2.24, 2.45) is 0 Å². The average molecular weight is 312 g/mol. The smallest absolute Gasteiger partial charge is 0.317 e.